The number of carboxylic acids is 1. The number of nitrogens with zero attached hydrogens (tertiary/aromatic N) is 2. The summed E-state index contributed by atoms with van der Waals surface area (Å²) in [7, 11) is -0.995. The van der Waals surface area contributed by atoms with Crippen molar-refractivity contribution in [1.29, 1.82) is 0 Å². The Morgan fingerprint density at radius 2 is 1.50 bits per heavy atom. The SMILES string of the molecule is COc1ccc(OC)c(S(=O)(=O)N2CCN(C(=O)c3ccc(C(=O)O)cc3)CC2)c1. The van der Waals surface area contributed by atoms with Crippen molar-refractivity contribution in [3.63, 3.8) is 0 Å². The number of carbonyl (C=O) groups is 2. The highest BCUT2D eigenvalue weighted by molar-refractivity contribution is 7.89. The molecule has 0 bridgehead atoms. The van der Waals surface area contributed by atoms with Gasteiger partial charge in [0.1, 0.15) is 16.4 Å². The first-order valence-electron chi connectivity index (χ1n) is 9.12. The van der Waals surface area contributed by atoms with Gasteiger partial charge in [-0.25, -0.2) is 13.2 Å². The molecule has 2 aromatic carbocycles. The van der Waals surface area contributed by atoms with Crippen LogP contribution >= 0.6 is 0 Å². The van der Waals surface area contributed by atoms with Crippen LogP contribution < -0.4 is 9.47 Å². The molecule has 1 fully saturated rings. The molecule has 1 aliphatic heterocycles. The fraction of sp³-hybridized carbons (Fsp3) is 0.300. The van der Waals surface area contributed by atoms with Gasteiger partial charge in [-0.15, -0.1) is 0 Å². The number of carboxylic acid groups (broad SMARTS) is 1. The minimum atomic E-state index is -3.84. The summed E-state index contributed by atoms with van der Waals surface area (Å²) in [6.45, 7) is 0.680. The van der Waals surface area contributed by atoms with Gasteiger partial charge in [-0.05, 0) is 36.4 Å². The maximum Gasteiger partial charge on any atom is 0.335 e. The van der Waals surface area contributed by atoms with Crippen molar-refractivity contribution in [3.05, 3.63) is 53.6 Å². The van der Waals surface area contributed by atoms with Crippen molar-refractivity contribution in [3.8, 4) is 11.5 Å². The van der Waals surface area contributed by atoms with E-state index in [1.54, 1.807) is 11.0 Å². The Kier molecular flexibility index (Phi) is 6.28. The summed E-state index contributed by atoms with van der Waals surface area (Å²) in [5.74, 6) is -0.732. The van der Waals surface area contributed by atoms with E-state index in [-0.39, 0.29) is 48.3 Å². The molecule has 0 radical (unpaired) electrons. The Morgan fingerprint density at radius 1 is 0.900 bits per heavy atom. The van der Waals surface area contributed by atoms with E-state index in [1.807, 2.05) is 0 Å². The number of hydrogen-bond donors (Lipinski definition) is 1. The molecule has 10 heteroatoms. The Bertz CT molecular complexity index is 1040. The number of benzene rings is 2. The first kappa shape index (κ1) is 21.6. The lowest BCUT2D eigenvalue weighted by atomic mass is 10.1. The van der Waals surface area contributed by atoms with Crippen LogP contribution in [-0.2, 0) is 10.0 Å². The summed E-state index contributed by atoms with van der Waals surface area (Å²) in [4.78, 5) is 25.2. The van der Waals surface area contributed by atoms with E-state index in [1.165, 1.54) is 54.9 Å². The first-order valence-corrected chi connectivity index (χ1v) is 10.6. The normalized spacial score (nSPS) is 14.9. The molecule has 1 aliphatic rings. The lowest BCUT2D eigenvalue weighted by Gasteiger charge is -2.34. The molecular weight excluding hydrogens is 412 g/mol. The molecule has 2 aromatic rings. The van der Waals surface area contributed by atoms with Gasteiger partial charge in [-0.3, -0.25) is 4.79 Å². The summed E-state index contributed by atoms with van der Waals surface area (Å²) in [5.41, 5.74) is 0.445. The Balaban J connectivity index is 1.73. The Labute approximate surface area is 174 Å². The van der Waals surface area contributed by atoms with Gasteiger partial charge in [0.2, 0.25) is 10.0 Å². The Morgan fingerprint density at radius 3 is 2.03 bits per heavy atom. The molecule has 1 N–H and O–H groups in total. The largest absolute Gasteiger partial charge is 0.497 e. The summed E-state index contributed by atoms with van der Waals surface area (Å²) in [5, 5.41) is 8.96. The van der Waals surface area contributed by atoms with Crippen LogP contribution in [0, 0.1) is 0 Å². The summed E-state index contributed by atoms with van der Waals surface area (Å²) >= 11 is 0. The third kappa shape index (κ3) is 4.24. The van der Waals surface area contributed by atoms with Crippen LogP contribution in [-0.4, -0.2) is 75.0 Å². The molecule has 3 rings (SSSR count). The molecule has 0 aliphatic carbocycles. The smallest absolute Gasteiger partial charge is 0.335 e. The van der Waals surface area contributed by atoms with E-state index in [0.29, 0.717) is 11.3 Å². The molecule has 0 unspecified atom stereocenters. The van der Waals surface area contributed by atoms with E-state index in [4.69, 9.17) is 14.6 Å². The van der Waals surface area contributed by atoms with Crippen molar-refractivity contribution < 1.29 is 32.6 Å². The number of piperazine rings is 1. The second-order valence-electron chi connectivity index (χ2n) is 6.60. The summed E-state index contributed by atoms with van der Waals surface area (Å²) < 4.78 is 37.9. The van der Waals surface area contributed by atoms with E-state index in [0.717, 1.165) is 0 Å². The predicted molar refractivity (Wildman–Crippen MR) is 108 cm³/mol. The zero-order chi connectivity index (χ0) is 21.9. The van der Waals surface area contributed by atoms with E-state index >= 15 is 0 Å². The highest BCUT2D eigenvalue weighted by atomic mass is 32.2. The molecule has 9 nitrogen and oxygen atoms in total. The van der Waals surface area contributed by atoms with Gasteiger partial charge in [-0.2, -0.15) is 4.31 Å². The third-order valence-corrected chi connectivity index (χ3v) is 6.81. The maximum absolute atomic E-state index is 13.1. The van der Waals surface area contributed by atoms with Gasteiger partial charge in [0.15, 0.2) is 0 Å². The van der Waals surface area contributed by atoms with E-state index in [9.17, 15) is 18.0 Å². The van der Waals surface area contributed by atoms with Gasteiger partial charge < -0.3 is 19.5 Å². The number of ether oxygens (including phenoxy) is 2. The fourth-order valence-electron chi connectivity index (χ4n) is 3.19. The van der Waals surface area contributed by atoms with E-state index < -0.39 is 16.0 Å². The first-order chi connectivity index (χ1) is 14.3. The average Bonchev–Trinajstić information content (AvgIpc) is 2.78. The van der Waals surface area contributed by atoms with Crippen LogP contribution in [0.2, 0.25) is 0 Å². The van der Waals surface area contributed by atoms with Crippen molar-refractivity contribution in [2.24, 2.45) is 0 Å². The number of amides is 1. The van der Waals surface area contributed by atoms with Crippen LogP contribution in [0.1, 0.15) is 20.7 Å². The zero-order valence-corrected chi connectivity index (χ0v) is 17.4. The van der Waals surface area contributed by atoms with Gasteiger partial charge in [0.25, 0.3) is 5.91 Å². The fourth-order valence-corrected chi connectivity index (χ4v) is 4.79. The number of sulfonamides is 1. The summed E-state index contributed by atoms with van der Waals surface area (Å²) in [6, 6.07) is 10.2. The number of rotatable bonds is 6. The molecule has 1 saturated heterocycles. The third-order valence-electron chi connectivity index (χ3n) is 4.89. The lowest BCUT2D eigenvalue weighted by molar-refractivity contribution is 0.0684. The predicted octanol–water partition coefficient (Wildman–Crippen LogP) is 1.55. The van der Waals surface area contributed by atoms with Crippen LogP contribution in [0.15, 0.2) is 47.4 Å². The number of methoxy groups -OCH3 is 2. The van der Waals surface area contributed by atoms with Crippen molar-refractivity contribution in [1.82, 2.24) is 9.21 Å². The van der Waals surface area contributed by atoms with Crippen LogP contribution in [0.4, 0.5) is 0 Å². The quantitative estimate of drug-likeness (QED) is 0.734. The maximum atomic E-state index is 13.1. The molecule has 0 spiro atoms. The molecule has 1 heterocycles. The minimum absolute atomic E-state index is 0.00776. The van der Waals surface area contributed by atoms with Crippen LogP contribution in [0.5, 0.6) is 11.5 Å². The zero-order valence-electron chi connectivity index (χ0n) is 16.6. The van der Waals surface area contributed by atoms with E-state index in [2.05, 4.69) is 0 Å². The van der Waals surface area contributed by atoms with Crippen molar-refractivity contribution in [2.75, 3.05) is 40.4 Å². The number of aromatic carboxylic acids is 1. The average molecular weight is 434 g/mol. The molecular formula is C20H22N2O7S. The number of hydrogen-bond acceptors (Lipinski definition) is 6. The van der Waals surface area contributed by atoms with Gasteiger partial charge >= 0.3 is 5.97 Å². The van der Waals surface area contributed by atoms with Crippen LogP contribution in [0.25, 0.3) is 0 Å². The highest BCUT2D eigenvalue weighted by Gasteiger charge is 2.32. The topological polar surface area (TPSA) is 113 Å². The molecule has 0 saturated carbocycles. The second-order valence-corrected chi connectivity index (χ2v) is 8.50. The standard InChI is InChI=1S/C20H22N2O7S/c1-28-16-7-8-17(29-2)18(13-16)30(26,27)22-11-9-21(10-12-22)19(23)14-3-5-15(6-4-14)20(24)25/h3-8,13H,9-12H2,1-2H3,(H,24,25). The molecule has 0 aromatic heterocycles. The van der Waals surface area contributed by atoms with Crippen LogP contribution in [0.3, 0.4) is 0 Å². The number of carbonyl (C=O) groups excluding carboxylic acids is 1. The molecule has 1 amide bonds. The molecule has 30 heavy (non-hydrogen) atoms. The lowest BCUT2D eigenvalue weighted by Crippen LogP contribution is -2.50. The van der Waals surface area contributed by atoms with Crippen molar-refractivity contribution in [2.45, 2.75) is 4.90 Å². The van der Waals surface area contributed by atoms with Crippen molar-refractivity contribution >= 4 is 21.9 Å². The van der Waals surface area contributed by atoms with Gasteiger partial charge in [0.05, 0.1) is 19.8 Å². The molecule has 160 valence electrons. The van der Waals surface area contributed by atoms with Gasteiger partial charge in [0, 0.05) is 37.8 Å². The highest BCUT2D eigenvalue weighted by Crippen LogP contribution is 2.31. The van der Waals surface area contributed by atoms with Gasteiger partial charge in [-0.1, -0.05) is 0 Å². The monoisotopic (exact) mass is 434 g/mol. The summed E-state index contributed by atoms with van der Waals surface area (Å²) in [6.07, 6.45) is 0. The minimum Gasteiger partial charge on any atom is -0.497 e. The second kappa shape index (κ2) is 8.72. The Hall–Kier alpha value is -3.11. The molecule has 0 atom stereocenters.